The number of benzene rings is 1. The van der Waals surface area contributed by atoms with Gasteiger partial charge in [0.1, 0.15) is 0 Å². The van der Waals surface area contributed by atoms with Crippen molar-refractivity contribution in [1.82, 2.24) is 4.98 Å². The van der Waals surface area contributed by atoms with Crippen LogP contribution in [0.25, 0.3) is 0 Å². The Kier molecular flexibility index (Phi) is 4.47. The predicted octanol–water partition coefficient (Wildman–Crippen LogP) is 3.75. The van der Waals surface area contributed by atoms with Crippen LogP contribution < -0.4 is 5.32 Å². The molecule has 0 saturated carbocycles. The van der Waals surface area contributed by atoms with Crippen LogP contribution >= 0.6 is 22.9 Å². The lowest BCUT2D eigenvalue weighted by molar-refractivity contribution is -0.124. The summed E-state index contributed by atoms with van der Waals surface area (Å²) in [5.41, 5.74) is 0.684. The summed E-state index contributed by atoms with van der Waals surface area (Å²) >= 11 is 7.48. The van der Waals surface area contributed by atoms with Crippen LogP contribution in [0.15, 0.2) is 30.5 Å². The first-order chi connectivity index (χ1) is 10.5. The molecule has 1 N–H and O–H groups in total. The summed E-state index contributed by atoms with van der Waals surface area (Å²) in [7, 11) is 0. The lowest BCUT2D eigenvalue weighted by atomic mass is 9.89. The van der Waals surface area contributed by atoms with E-state index in [1.54, 1.807) is 6.20 Å². The third-order valence-electron chi connectivity index (χ3n) is 3.81. The molecule has 1 atom stereocenters. The number of hydrogen-bond donors (Lipinski definition) is 1. The predicted molar refractivity (Wildman–Crippen MR) is 88.5 cm³/mol. The number of carbonyl (C=O) groups is 1. The van der Waals surface area contributed by atoms with Crippen molar-refractivity contribution in [1.29, 1.82) is 0 Å². The first-order valence-electron chi connectivity index (χ1n) is 7.13. The van der Waals surface area contributed by atoms with E-state index in [1.807, 2.05) is 31.2 Å². The zero-order valence-electron chi connectivity index (χ0n) is 12.3. The van der Waals surface area contributed by atoms with Crippen LogP contribution in [0.2, 0.25) is 5.02 Å². The molecule has 22 heavy (non-hydrogen) atoms. The monoisotopic (exact) mass is 336 g/mol. The summed E-state index contributed by atoms with van der Waals surface area (Å²) in [6, 6.07) is 7.76. The van der Waals surface area contributed by atoms with Crippen LogP contribution in [-0.2, 0) is 16.0 Å². The van der Waals surface area contributed by atoms with Gasteiger partial charge in [0.05, 0.1) is 12.0 Å². The molecule has 0 bridgehead atoms. The highest BCUT2D eigenvalue weighted by Crippen LogP contribution is 2.30. The van der Waals surface area contributed by atoms with Gasteiger partial charge in [-0.05, 0) is 31.0 Å². The molecule has 0 aliphatic carbocycles. The van der Waals surface area contributed by atoms with Gasteiger partial charge in [0.25, 0.3) is 0 Å². The molecule has 1 aliphatic rings. The first-order valence-corrected chi connectivity index (χ1v) is 8.33. The fraction of sp³-hybridized carbons (Fsp3) is 0.375. The summed E-state index contributed by atoms with van der Waals surface area (Å²) in [6.07, 6.45) is 3.31. The minimum absolute atomic E-state index is 0.0198. The third kappa shape index (κ3) is 3.48. The molecule has 1 unspecified atom stereocenters. The number of halogens is 1. The number of anilines is 1. The van der Waals surface area contributed by atoms with E-state index in [0.29, 0.717) is 18.3 Å². The number of rotatable bonds is 4. The van der Waals surface area contributed by atoms with Crippen molar-refractivity contribution in [3.05, 3.63) is 45.9 Å². The molecule has 1 aromatic heterocycles. The standard InChI is InChI=1S/C16H17ClN2O2S/c1-16(5-6-21-10-16)14(20)19-15-18-9-13(22-15)8-11-3-2-4-12(17)7-11/h2-4,7,9H,5-6,8,10H2,1H3,(H,18,19,20). The quantitative estimate of drug-likeness (QED) is 0.925. The smallest absolute Gasteiger partial charge is 0.234 e. The van der Waals surface area contributed by atoms with Crippen molar-refractivity contribution in [3.8, 4) is 0 Å². The average Bonchev–Trinajstić information content (AvgIpc) is 3.09. The molecule has 2 aromatic rings. The molecule has 6 heteroatoms. The Labute approximate surface area is 138 Å². The Morgan fingerprint density at radius 1 is 1.55 bits per heavy atom. The van der Waals surface area contributed by atoms with Crippen molar-refractivity contribution in [2.45, 2.75) is 19.8 Å². The number of ether oxygens (including phenoxy) is 1. The van der Waals surface area contributed by atoms with Crippen LogP contribution in [0.1, 0.15) is 23.8 Å². The first kappa shape index (κ1) is 15.5. The molecule has 2 heterocycles. The lowest BCUT2D eigenvalue weighted by Crippen LogP contribution is -2.33. The number of aromatic nitrogens is 1. The molecule has 1 aromatic carbocycles. The Bertz CT molecular complexity index is 680. The average molecular weight is 337 g/mol. The third-order valence-corrected chi connectivity index (χ3v) is 4.96. The number of amides is 1. The van der Waals surface area contributed by atoms with Crippen molar-refractivity contribution in [2.75, 3.05) is 18.5 Å². The summed E-state index contributed by atoms with van der Waals surface area (Å²) in [5, 5.41) is 4.27. The molecule has 4 nitrogen and oxygen atoms in total. The zero-order valence-corrected chi connectivity index (χ0v) is 13.8. The van der Waals surface area contributed by atoms with Crippen LogP contribution in [-0.4, -0.2) is 24.1 Å². The largest absolute Gasteiger partial charge is 0.380 e. The molecular formula is C16H17ClN2O2S. The SMILES string of the molecule is CC1(C(=O)Nc2ncc(Cc3cccc(Cl)c3)s2)CCOC1. The van der Waals surface area contributed by atoms with E-state index in [1.165, 1.54) is 11.3 Å². The van der Waals surface area contributed by atoms with Crippen LogP contribution in [0.3, 0.4) is 0 Å². The van der Waals surface area contributed by atoms with Crippen molar-refractivity contribution < 1.29 is 9.53 Å². The van der Waals surface area contributed by atoms with E-state index in [2.05, 4.69) is 10.3 Å². The second-order valence-corrected chi connectivity index (χ2v) is 7.31. The van der Waals surface area contributed by atoms with Crippen molar-refractivity contribution in [2.24, 2.45) is 5.41 Å². The highest BCUT2D eigenvalue weighted by atomic mass is 35.5. The molecule has 0 radical (unpaired) electrons. The Hall–Kier alpha value is -1.43. The van der Waals surface area contributed by atoms with Crippen molar-refractivity contribution in [3.63, 3.8) is 0 Å². The fourth-order valence-electron chi connectivity index (χ4n) is 2.39. The van der Waals surface area contributed by atoms with E-state index in [4.69, 9.17) is 16.3 Å². The van der Waals surface area contributed by atoms with Gasteiger partial charge in [-0.3, -0.25) is 4.79 Å². The fourth-order valence-corrected chi connectivity index (χ4v) is 3.44. The summed E-state index contributed by atoms with van der Waals surface area (Å²) in [6.45, 7) is 3.04. The van der Waals surface area contributed by atoms with E-state index in [9.17, 15) is 4.79 Å². The molecular weight excluding hydrogens is 320 g/mol. The molecule has 0 spiro atoms. The number of thiazole rings is 1. The van der Waals surface area contributed by atoms with Gasteiger partial charge >= 0.3 is 0 Å². The number of nitrogens with one attached hydrogen (secondary N) is 1. The molecule has 1 fully saturated rings. The van der Waals surface area contributed by atoms with E-state index in [0.717, 1.165) is 28.3 Å². The minimum Gasteiger partial charge on any atom is -0.380 e. The lowest BCUT2D eigenvalue weighted by Gasteiger charge is -2.19. The van der Waals surface area contributed by atoms with E-state index in [-0.39, 0.29) is 5.91 Å². The second-order valence-electron chi connectivity index (χ2n) is 5.76. The summed E-state index contributed by atoms with van der Waals surface area (Å²) in [5.74, 6) is -0.0198. The van der Waals surface area contributed by atoms with Gasteiger partial charge in [-0.1, -0.05) is 23.7 Å². The Morgan fingerprint density at radius 2 is 2.41 bits per heavy atom. The van der Waals surface area contributed by atoms with E-state index >= 15 is 0 Å². The topological polar surface area (TPSA) is 51.2 Å². The highest BCUT2D eigenvalue weighted by Gasteiger charge is 2.37. The van der Waals surface area contributed by atoms with Crippen LogP contribution in [0, 0.1) is 5.41 Å². The van der Waals surface area contributed by atoms with Crippen LogP contribution in [0.4, 0.5) is 5.13 Å². The van der Waals surface area contributed by atoms with Gasteiger partial charge in [-0.2, -0.15) is 0 Å². The molecule has 1 saturated heterocycles. The molecule has 1 aliphatic heterocycles. The molecule has 1 amide bonds. The van der Waals surface area contributed by atoms with Gasteiger partial charge < -0.3 is 10.1 Å². The number of carbonyl (C=O) groups excluding carboxylic acids is 1. The van der Waals surface area contributed by atoms with Gasteiger partial charge in [0.15, 0.2) is 5.13 Å². The number of nitrogens with zero attached hydrogens (tertiary/aromatic N) is 1. The molecule has 116 valence electrons. The maximum absolute atomic E-state index is 12.3. The highest BCUT2D eigenvalue weighted by molar-refractivity contribution is 7.15. The van der Waals surface area contributed by atoms with Gasteiger partial charge in [0.2, 0.25) is 5.91 Å². The van der Waals surface area contributed by atoms with Crippen molar-refractivity contribution >= 4 is 34.0 Å². The van der Waals surface area contributed by atoms with Gasteiger partial charge in [0, 0.05) is 29.1 Å². The summed E-state index contributed by atoms with van der Waals surface area (Å²) < 4.78 is 5.32. The van der Waals surface area contributed by atoms with Crippen LogP contribution in [0.5, 0.6) is 0 Å². The number of hydrogen-bond acceptors (Lipinski definition) is 4. The van der Waals surface area contributed by atoms with Gasteiger partial charge in [-0.15, -0.1) is 11.3 Å². The van der Waals surface area contributed by atoms with Gasteiger partial charge in [-0.25, -0.2) is 4.98 Å². The van der Waals surface area contributed by atoms with E-state index < -0.39 is 5.41 Å². The normalized spacial score (nSPS) is 21.0. The maximum atomic E-state index is 12.3. The zero-order chi connectivity index (χ0) is 15.6. The Balaban J connectivity index is 1.65. The Morgan fingerprint density at radius 3 is 3.14 bits per heavy atom. The maximum Gasteiger partial charge on any atom is 0.234 e. The minimum atomic E-state index is -0.446. The molecule has 3 rings (SSSR count). The summed E-state index contributed by atoms with van der Waals surface area (Å²) in [4.78, 5) is 17.7. The second kappa shape index (κ2) is 6.36.